The quantitative estimate of drug-likeness (QED) is 0.489. The van der Waals surface area contributed by atoms with Gasteiger partial charge >= 0.3 is 0 Å². The molecule has 1 rings (SSSR count). The van der Waals surface area contributed by atoms with Crippen molar-refractivity contribution in [3.8, 4) is 5.75 Å². The van der Waals surface area contributed by atoms with Crippen molar-refractivity contribution in [3.63, 3.8) is 0 Å². The molecule has 126 valence electrons. The van der Waals surface area contributed by atoms with Crippen molar-refractivity contribution in [1.29, 1.82) is 0 Å². The summed E-state index contributed by atoms with van der Waals surface area (Å²) in [5, 5.41) is 0. The lowest BCUT2D eigenvalue weighted by molar-refractivity contribution is -0.00386. The van der Waals surface area contributed by atoms with Gasteiger partial charge in [0.15, 0.2) is 0 Å². The van der Waals surface area contributed by atoms with E-state index in [2.05, 4.69) is 0 Å². The molecule has 0 heterocycles. The first-order valence-electron chi connectivity index (χ1n) is 7.62. The number of hydrogen-bond acceptors (Lipinski definition) is 6. The molecule has 1 aromatic rings. The van der Waals surface area contributed by atoms with E-state index in [4.69, 9.17) is 29.4 Å². The topological polar surface area (TPSA) is 72.2 Å². The third-order valence-corrected chi connectivity index (χ3v) is 2.62. The second-order valence-electron chi connectivity index (χ2n) is 4.40. The first kappa shape index (κ1) is 18.9. The van der Waals surface area contributed by atoms with Gasteiger partial charge in [0.2, 0.25) is 0 Å². The molecule has 0 bridgehead atoms. The van der Waals surface area contributed by atoms with Crippen LogP contribution in [0.1, 0.15) is 0 Å². The van der Waals surface area contributed by atoms with E-state index in [1.807, 2.05) is 30.3 Å². The van der Waals surface area contributed by atoms with Crippen LogP contribution in [0.3, 0.4) is 0 Å². The van der Waals surface area contributed by atoms with E-state index in [1.165, 1.54) is 0 Å². The van der Waals surface area contributed by atoms with Crippen LogP contribution in [0.15, 0.2) is 30.3 Å². The van der Waals surface area contributed by atoms with Gasteiger partial charge in [0.05, 0.1) is 52.9 Å². The molecule has 1 aromatic carbocycles. The summed E-state index contributed by atoms with van der Waals surface area (Å²) in [5.74, 6) is 0.856. The number of hydrogen-bond donors (Lipinski definition) is 1. The van der Waals surface area contributed by atoms with E-state index in [-0.39, 0.29) is 0 Å². The number of ether oxygens (including phenoxy) is 5. The van der Waals surface area contributed by atoms with Gasteiger partial charge in [-0.2, -0.15) is 0 Å². The molecule has 6 nitrogen and oxygen atoms in total. The Bertz CT molecular complexity index is 337. The summed E-state index contributed by atoms with van der Waals surface area (Å²) in [5.41, 5.74) is 5.29. The smallest absolute Gasteiger partial charge is 0.119 e. The van der Waals surface area contributed by atoms with Gasteiger partial charge in [-0.15, -0.1) is 0 Å². The van der Waals surface area contributed by atoms with Gasteiger partial charge in [0.25, 0.3) is 0 Å². The summed E-state index contributed by atoms with van der Waals surface area (Å²) in [6.45, 7) is 5.56. The second-order valence-corrected chi connectivity index (χ2v) is 4.40. The van der Waals surface area contributed by atoms with Crippen LogP contribution in [0.2, 0.25) is 0 Å². The molecule has 0 saturated heterocycles. The standard InChI is InChI=1S/C16H27NO5/c17-6-7-18-8-9-19-10-11-20-12-13-21-14-15-22-16-4-2-1-3-5-16/h1-5H,6-15,17H2. The van der Waals surface area contributed by atoms with Crippen LogP contribution in [-0.4, -0.2) is 66.0 Å². The highest BCUT2D eigenvalue weighted by Crippen LogP contribution is 2.07. The predicted octanol–water partition coefficient (Wildman–Crippen LogP) is 1.09. The van der Waals surface area contributed by atoms with Crippen LogP contribution in [0.4, 0.5) is 0 Å². The fraction of sp³-hybridized carbons (Fsp3) is 0.625. The highest BCUT2D eigenvalue weighted by molar-refractivity contribution is 5.20. The lowest BCUT2D eigenvalue weighted by Crippen LogP contribution is -2.15. The number of benzene rings is 1. The molecule has 0 amide bonds. The average molecular weight is 313 g/mol. The Morgan fingerprint density at radius 3 is 1.55 bits per heavy atom. The van der Waals surface area contributed by atoms with E-state index in [0.29, 0.717) is 66.0 Å². The molecule has 0 aliphatic rings. The first-order chi connectivity index (χ1) is 10.9. The van der Waals surface area contributed by atoms with Gasteiger partial charge < -0.3 is 29.4 Å². The minimum Gasteiger partial charge on any atom is -0.491 e. The number of para-hydroxylation sites is 1. The van der Waals surface area contributed by atoms with Gasteiger partial charge in [0.1, 0.15) is 12.4 Å². The van der Waals surface area contributed by atoms with Crippen LogP contribution in [0.25, 0.3) is 0 Å². The minimum absolute atomic E-state index is 0.538. The monoisotopic (exact) mass is 313 g/mol. The average Bonchev–Trinajstić information content (AvgIpc) is 2.56. The van der Waals surface area contributed by atoms with Gasteiger partial charge in [0, 0.05) is 6.54 Å². The van der Waals surface area contributed by atoms with Gasteiger partial charge in [-0.1, -0.05) is 18.2 Å². The first-order valence-corrected chi connectivity index (χ1v) is 7.62. The minimum atomic E-state index is 0.538. The highest BCUT2D eigenvalue weighted by Gasteiger charge is 1.94. The number of rotatable bonds is 15. The lowest BCUT2D eigenvalue weighted by atomic mass is 10.3. The molecule has 6 heteroatoms. The van der Waals surface area contributed by atoms with Gasteiger partial charge in [-0.3, -0.25) is 0 Å². The third-order valence-electron chi connectivity index (χ3n) is 2.62. The van der Waals surface area contributed by atoms with Crippen molar-refractivity contribution in [2.45, 2.75) is 0 Å². The molecule has 2 N–H and O–H groups in total. The van der Waals surface area contributed by atoms with Crippen molar-refractivity contribution >= 4 is 0 Å². The van der Waals surface area contributed by atoms with Crippen LogP contribution in [0.5, 0.6) is 5.75 Å². The van der Waals surface area contributed by atoms with Crippen molar-refractivity contribution in [1.82, 2.24) is 0 Å². The van der Waals surface area contributed by atoms with Gasteiger partial charge in [-0.05, 0) is 12.1 Å². The van der Waals surface area contributed by atoms with Crippen LogP contribution >= 0.6 is 0 Å². The summed E-state index contributed by atoms with van der Waals surface area (Å²) >= 11 is 0. The summed E-state index contributed by atoms with van der Waals surface area (Å²) in [6, 6.07) is 9.68. The molecule has 0 saturated carbocycles. The summed E-state index contributed by atoms with van der Waals surface area (Å²) in [6.07, 6.45) is 0. The van der Waals surface area contributed by atoms with Gasteiger partial charge in [-0.25, -0.2) is 0 Å². The maximum Gasteiger partial charge on any atom is 0.119 e. The van der Waals surface area contributed by atoms with E-state index >= 15 is 0 Å². The molecule has 0 spiro atoms. The Morgan fingerprint density at radius 1 is 0.591 bits per heavy atom. The van der Waals surface area contributed by atoms with E-state index in [0.717, 1.165) is 5.75 Å². The molecule has 0 fully saturated rings. The SMILES string of the molecule is NCCOCCOCCOCCOCCOc1ccccc1. The molecule has 0 atom stereocenters. The fourth-order valence-electron chi connectivity index (χ4n) is 1.58. The molecule has 0 radical (unpaired) electrons. The molecule has 0 unspecified atom stereocenters. The van der Waals surface area contributed by atoms with Crippen LogP contribution < -0.4 is 10.5 Å². The third kappa shape index (κ3) is 11.5. The zero-order valence-corrected chi connectivity index (χ0v) is 13.1. The van der Waals surface area contributed by atoms with E-state index in [9.17, 15) is 0 Å². The van der Waals surface area contributed by atoms with Crippen molar-refractivity contribution in [2.75, 3.05) is 66.0 Å². The summed E-state index contributed by atoms with van der Waals surface area (Å²) < 4.78 is 26.8. The zero-order valence-electron chi connectivity index (χ0n) is 13.1. The van der Waals surface area contributed by atoms with E-state index in [1.54, 1.807) is 0 Å². The Balaban J connectivity index is 1.73. The molecule has 0 aromatic heterocycles. The maximum absolute atomic E-state index is 5.50. The Kier molecular flexibility index (Phi) is 12.6. The zero-order chi connectivity index (χ0) is 15.7. The van der Waals surface area contributed by atoms with Crippen molar-refractivity contribution in [2.24, 2.45) is 5.73 Å². The Labute approximate surface area is 132 Å². The molecule has 0 aliphatic heterocycles. The fourth-order valence-corrected chi connectivity index (χ4v) is 1.58. The van der Waals surface area contributed by atoms with Crippen molar-refractivity contribution < 1.29 is 23.7 Å². The Morgan fingerprint density at radius 2 is 1.05 bits per heavy atom. The molecule has 22 heavy (non-hydrogen) atoms. The molecular weight excluding hydrogens is 286 g/mol. The maximum atomic E-state index is 5.50. The van der Waals surface area contributed by atoms with Crippen LogP contribution in [0, 0.1) is 0 Å². The summed E-state index contributed by atoms with van der Waals surface area (Å²) in [4.78, 5) is 0. The van der Waals surface area contributed by atoms with Crippen LogP contribution in [-0.2, 0) is 18.9 Å². The van der Waals surface area contributed by atoms with Crippen molar-refractivity contribution in [3.05, 3.63) is 30.3 Å². The second kappa shape index (κ2) is 14.7. The molecule has 0 aliphatic carbocycles. The largest absolute Gasteiger partial charge is 0.491 e. The lowest BCUT2D eigenvalue weighted by Gasteiger charge is -2.08. The highest BCUT2D eigenvalue weighted by atomic mass is 16.6. The molecular formula is C16H27NO5. The normalized spacial score (nSPS) is 10.8. The van der Waals surface area contributed by atoms with E-state index < -0.39 is 0 Å². The summed E-state index contributed by atoms with van der Waals surface area (Å²) in [7, 11) is 0. The number of nitrogens with two attached hydrogens (primary N) is 1. The Hall–Kier alpha value is -1.18. The predicted molar refractivity (Wildman–Crippen MR) is 84.3 cm³/mol.